The van der Waals surface area contributed by atoms with Gasteiger partial charge in [-0.25, -0.2) is 4.98 Å². The zero-order valence-corrected chi connectivity index (χ0v) is 17.4. The van der Waals surface area contributed by atoms with Crippen LogP contribution >= 0.6 is 0 Å². The lowest BCUT2D eigenvalue weighted by Crippen LogP contribution is -2.62. The average Bonchev–Trinajstić information content (AvgIpc) is 3.19. The lowest BCUT2D eigenvalue weighted by atomic mass is 9.79. The highest BCUT2D eigenvalue weighted by Crippen LogP contribution is 2.32. The Morgan fingerprint density at radius 2 is 2.07 bits per heavy atom. The van der Waals surface area contributed by atoms with Crippen molar-refractivity contribution in [1.29, 1.82) is 0 Å². The van der Waals surface area contributed by atoms with Crippen LogP contribution < -0.4 is 5.32 Å². The normalized spacial score (nSPS) is 28.8. The molecule has 158 valence electrons. The minimum Gasteiger partial charge on any atom is -0.461 e. The molecule has 0 saturated carbocycles. The summed E-state index contributed by atoms with van der Waals surface area (Å²) in [6.07, 6.45) is 5.59. The fourth-order valence-electron chi connectivity index (χ4n) is 4.93. The van der Waals surface area contributed by atoms with E-state index in [2.05, 4.69) is 38.9 Å². The topological polar surface area (TPSA) is 70.8 Å². The van der Waals surface area contributed by atoms with E-state index in [1.54, 1.807) is 18.5 Å². The van der Waals surface area contributed by atoms with E-state index in [1.165, 1.54) is 0 Å². The van der Waals surface area contributed by atoms with Gasteiger partial charge in [0, 0.05) is 30.6 Å². The van der Waals surface area contributed by atoms with Crippen LogP contribution in [0.1, 0.15) is 35.8 Å². The van der Waals surface area contributed by atoms with Gasteiger partial charge in [0.25, 0.3) is 5.91 Å². The zero-order valence-electron chi connectivity index (χ0n) is 17.4. The van der Waals surface area contributed by atoms with Crippen LogP contribution in [-0.2, 0) is 4.74 Å². The molecule has 2 aromatic heterocycles. The van der Waals surface area contributed by atoms with Gasteiger partial charge in [0.1, 0.15) is 12.0 Å². The highest BCUT2D eigenvalue weighted by Gasteiger charge is 2.40. The number of carbonyl (C=O) groups is 1. The van der Waals surface area contributed by atoms with E-state index in [9.17, 15) is 4.79 Å². The van der Waals surface area contributed by atoms with Gasteiger partial charge in [-0.05, 0) is 44.8 Å². The molecule has 0 radical (unpaired) electrons. The van der Waals surface area contributed by atoms with Crippen molar-refractivity contribution in [3.05, 3.63) is 29.8 Å². The SMILES string of the molecule is C[C@H]1[C@H](NC(=O)c2cc3c(C#CCN4CCOCC4)coc3cn2)C2CCN1CC2. The number of hydrogen-bond donors (Lipinski definition) is 1. The van der Waals surface area contributed by atoms with E-state index >= 15 is 0 Å². The number of ether oxygens (including phenoxy) is 1. The van der Waals surface area contributed by atoms with Crippen LogP contribution in [0.3, 0.4) is 0 Å². The standard InChI is InChI=1S/C23H28N4O3/c1-16-22(17-4-7-27(16)8-5-17)25-23(28)20-13-19-18(15-30-21(19)14-24-20)3-2-6-26-9-11-29-12-10-26/h13-17,22H,4-12H2,1H3,(H,25,28)/t16-,22-/m0/s1. The summed E-state index contributed by atoms with van der Waals surface area (Å²) in [4.78, 5) is 22.0. The van der Waals surface area contributed by atoms with Gasteiger partial charge in [0.15, 0.2) is 5.58 Å². The fraction of sp³-hybridized carbons (Fsp3) is 0.565. The number of pyridine rings is 1. The van der Waals surface area contributed by atoms with Crippen molar-refractivity contribution in [3.63, 3.8) is 0 Å². The molecular formula is C23H28N4O3. The number of morpholine rings is 1. The molecule has 0 aliphatic carbocycles. The summed E-state index contributed by atoms with van der Waals surface area (Å²) in [6.45, 7) is 8.54. The number of amides is 1. The first-order chi connectivity index (χ1) is 14.7. The minimum absolute atomic E-state index is 0.115. The van der Waals surface area contributed by atoms with Crippen molar-refractivity contribution in [1.82, 2.24) is 20.1 Å². The molecule has 2 atom stereocenters. The summed E-state index contributed by atoms with van der Waals surface area (Å²) < 4.78 is 11.0. The first kappa shape index (κ1) is 19.6. The van der Waals surface area contributed by atoms with Gasteiger partial charge in [-0.15, -0.1) is 0 Å². The zero-order chi connectivity index (χ0) is 20.5. The number of rotatable bonds is 3. The van der Waals surface area contributed by atoms with Crippen molar-refractivity contribution in [3.8, 4) is 11.8 Å². The summed E-state index contributed by atoms with van der Waals surface area (Å²) in [7, 11) is 0. The van der Waals surface area contributed by atoms with Gasteiger partial charge in [0.05, 0.1) is 31.5 Å². The number of hydrogen-bond acceptors (Lipinski definition) is 6. The fourth-order valence-corrected chi connectivity index (χ4v) is 4.93. The highest BCUT2D eigenvalue weighted by atomic mass is 16.5. The van der Waals surface area contributed by atoms with E-state index in [1.807, 2.05) is 0 Å². The molecule has 6 rings (SSSR count). The Morgan fingerprint density at radius 3 is 2.83 bits per heavy atom. The summed E-state index contributed by atoms with van der Waals surface area (Å²) in [6, 6.07) is 2.37. The molecule has 7 heteroatoms. The molecule has 4 saturated heterocycles. The number of nitrogens with zero attached hydrogens (tertiary/aromatic N) is 3. The van der Waals surface area contributed by atoms with Crippen LogP contribution in [0.2, 0.25) is 0 Å². The number of aromatic nitrogens is 1. The van der Waals surface area contributed by atoms with Crippen molar-refractivity contribution in [2.75, 3.05) is 45.9 Å². The van der Waals surface area contributed by atoms with Crippen LogP contribution in [0.25, 0.3) is 11.0 Å². The molecule has 0 aromatic carbocycles. The first-order valence-corrected chi connectivity index (χ1v) is 10.9. The second kappa shape index (κ2) is 8.38. The second-order valence-corrected chi connectivity index (χ2v) is 8.52. The van der Waals surface area contributed by atoms with E-state index in [0.29, 0.717) is 29.8 Å². The number of fused-ring (bicyclic) bond motifs is 4. The monoisotopic (exact) mass is 408 g/mol. The van der Waals surface area contributed by atoms with Crippen LogP contribution in [0, 0.1) is 17.8 Å². The largest absolute Gasteiger partial charge is 0.461 e. The lowest BCUT2D eigenvalue weighted by Gasteiger charge is -2.49. The Morgan fingerprint density at radius 1 is 1.27 bits per heavy atom. The molecule has 7 nitrogen and oxygen atoms in total. The Labute approximate surface area is 176 Å². The van der Waals surface area contributed by atoms with Gasteiger partial charge in [-0.2, -0.15) is 0 Å². The van der Waals surface area contributed by atoms with Crippen LogP contribution in [0.15, 0.2) is 22.9 Å². The molecule has 1 N–H and O–H groups in total. The van der Waals surface area contributed by atoms with Crippen LogP contribution in [0.4, 0.5) is 0 Å². The maximum absolute atomic E-state index is 13.0. The molecule has 1 amide bonds. The van der Waals surface area contributed by atoms with Crippen molar-refractivity contribution in [2.24, 2.45) is 5.92 Å². The number of carbonyl (C=O) groups excluding carboxylic acids is 1. The molecule has 4 fully saturated rings. The smallest absolute Gasteiger partial charge is 0.270 e. The molecule has 4 aliphatic rings. The summed E-state index contributed by atoms with van der Waals surface area (Å²) in [5.41, 5.74) is 1.87. The van der Waals surface area contributed by atoms with E-state index < -0.39 is 0 Å². The summed E-state index contributed by atoms with van der Waals surface area (Å²) in [5, 5.41) is 4.09. The quantitative estimate of drug-likeness (QED) is 0.780. The van der Waals surface area contributed by atoms with E-state index in [4.69, 9.17) is 9.15 Å². The molecule has 30 heavy (non-hydrogen) atoms. The van der Waals surface area contributed by atoms with Gasteiger partial charge >= 0.3 is 0 Å². The summed E-state index contributed by atoms with van der Waals surface area (Å²) >= 11 is 0. The van der Waals surface area contributed by atoms with Gasteiger partial charge in [-0.3, -0.25) is 14.6 Å². The van der Waals surface area contributed by atoms with Crippen molar-refractivity contribution in [2.45, 2.75) is 31.8 Å². The van der Waals surface area contributed by atoms with Crippen molar-refractivity contribution < 1.29 is 13.9 Å². The predicted octanol–water partition coefficient (Wildman–Crippen LogP) is 1.72. The number of furan rings is 1. The number of piperidine rings is 3. The first-order valence-electron chi connectivity index (χ1n) is 10.9. The molecule has 2 bridgehead atoms. The van der Waals surface area contributed by atoms with E-state index in [-0.39, 0.29) is 11.9 Å². The second-order valence-electron chi connectivity index (χ2n) is 8.52. The number of nitrogens with one attached hydrogen (secondary N) is 1. The molecule has 0 unspecified atom stereocenters. The third kappa shape index (κ3) is 3.83. The summed E-state index contributed by atoms with van der Waals surface area (Å²) in [5.74, 6) is 6.87. The Kier molecular flexibility index (Phi) is 5.47. The molecule has 0 spiro atoms. The maximum atomic E-state index is 13.0. The molecule has 2 aromatic rings. The van der Waals surface area contributed by atoms with Gasteiger partial charge in [-0.1, -0.05) is 11.8 Å². The lowest BCUT2D eigenvalue weighted by molar-refractivity contribution is 0.0216. The predicted molar refractivity (Wildman–Crippen MR) is 113 cm³/mol. The molecule has 4 aliphatic heterocycles. The maximum Gasteiger partial charge on any atom is 0.270 e. The Balaban J connectivity index is 1.31. The molecule has 6 heterocycles. The third-order valence-corrected chi connectivity index (χ3v) is 6.80. The average molecular weight is 409 g/mol. The molecular weight excluding hydrogens is 380 g/mol. The minimum atomic E-state index is -0.115. The highest BCUT2D eigenvalue weighted by molar-refractivity contribution is 5.97. The van der Waals surface area contributed by atoms with Crippen molar-refractivity contribution >= 4 is 16.9 Å². The van der Waals surface area contributed by atoms with Gasteiger partial charge in [0.2, 0.25) is 0 Å². The van der Waals surface area contributed by atoms with E-state index in [0.717, 1.165) is 63.2 Å². The Hall–Kier alpha value is -2.40. The van der Waals surface area contributed by atoms with Crippen LogP contribution in [0.5, 0.6) is 0 Å². The third-order valence-electron chi connectivity index (χ3n) is 6.80. The van der Waals surface area contributed by atoms with Crippen LogP contribution in [-0.4, -0.2) is 78.7 Å². The Bertz CT molecular complexity index is 975. The van der Waals surface area contributed by atoms with Gasteiger partial charge < -0.3 is 14.5 Å².